The Labute approximate surface area is 108 Å². The summed E-state index contributed by atoms with van der Waals surface area (Å²) in [5.74, 6) is 0.877. The zero-order valence-corrected chi connectivity index (χ0v) is 12.4. The van der Waals surface area contributed by atoms with Crippen LogP contribution in [0.2, 0.25) is 0 Å². The van der Waals surface area contributed by atoms with Crippen molar-refractivity contribution in [3.8, 4) is 0 Å². The zero-order chi connectivity index (χ0) is 12.9. The monoisotopic (exact) mass is 241 g/mol. The van der Waals surface area contributed by atoms with Crippen LogP contribution in [0.5, 0.6) is 0 Å². The molecule has 2 atom stereocenters. The van der Waals surface area contributed by atoms with Gasteiger partial charge in [-0.3, -0.25) is 0 Å². The minimum atomic E-state index is 0.393. The maximum Gasteiger partial charge on any atom is 0.0330 e. The Hall–Kier alpha value is -0.120. The third kappa shape index (κ3) is 4.57. The second-order valence-corrected chi connectivity index (χ2v) is 6.30. The van der Waals surface area contributed by atoms with E-state index in [4.69, 9.17) is 0 Å². The van der Waals surface area contributed by atoms with Gasteiger partial charge in [-0.15, -0.1) is 0 Å². The molecule has 3 heteroatoms. The number of nitrogens with zero attached hydrogens (tertiary/aromatic N) is 2. The highest BCUT2D eigenvalue weighted by molar-refractivity contribution is 4.94. The van der Waals surface area contributed by atoms with Crippen molar-refractivity contribution in [3.05, 3.63) is 0 Å². The molecule has 0 aromatic rings. The van der Waals surface area contributed by atoms with E-state index in [0.29, 0.717) is 5.54 Å². The molecule has 1 aliphatic carbocycles. The van der Waals surface area contributed by atoms with Gasteiger partial charge in [-0.1, -0.05) is 19.8 Å². The number of hydrogen-bond donors (Lipinski definition) is 1. The fourth-order valence-electron chi connectivity index (χ4n) is 2.98. The van der Waals surface area contributed by atoms with Crippen LogP contribution in [-0.2, 0) is 0 Å². The summed E-state index contributed by atoms with van der Waals surface area (Å²) in [6.45, 7) is 5.76. The minimum Gasteiger partial charge on any atom is -0.314 e. The summed E-state index contributed by atoms with van der Waals surface area (Å²) in [5, 5.41) is 3.65. The Morgan fingerprint density at radius 1 is 1.24 bits per heavy atom. The van der Waals surface area contributed by atoms with E-state index in [1.54, 1.807) is 0 Å². The van der Waals surface area contributed by atoms with Gasteiger partial charge in [0.05, 0.1) is 0 Å². The Kier molecular flexibility index (Phi) is 5.90. The molecule has 1 fully saturated rings. The molecule has 1 rings (SSSR count). The number of rotatable bonds is 6. The standard InChI is InChI=1S/C14H31N3/c1-13-7-6-8-14(11-13,17(4)5)12-15-9-10-16(2)3/h13,15H,6-12H2,1-5H3. The molecule has 0 aromatic heterocycles. The van der Waals surface area contributed by atoms with Gasteiger partial charge >= 0.3 is 0 Å². The Balaban J connectivity index is 2.42. The van der Waals surface area contributed by atoms with Gasteiger partial charge in [0.1, 0.15) is 0 Å². The van der Waals surface area contributed by atoms with Gasteiger partial charge < -0.3 is 15.1 Å². The third-order valence-electron chi connectivity index (χ3n) is 4.21. The van der Waals surface area contributed by atoms with Crippen molar-refractivity contribution in [2.24, 2.45) is 5.92 Å². The molecule has 102 valence electrons. The van der Waals surface area contributed by atoms with E-state index in [1.165, 1.54) is 25.7 Å². The highest BCUT2D eigenvalue weighted by atomic mass is 15.2. The zero-order valence-electron chi connectivity index (χ0n) is 12.4. The largest absolute Gasteiger partial charge is 0.314 e. The van der Waals surface area contributed by atoms with Crippen LogP contribution in [0.15, 0.2) is 0 Å². The van der Waals surface area contributed by atoms with Crippen molar-refractivity contribution < 1.29 is 0 Å². The van der Waals surface area contributed by atoms with Gasteiger partial charge in [-0.05, 0) is 47.0 Å². The van der Waals surface area contributed by atoms with Crippen molar-refractivity contribution in [2.45, 2.75) is 38.1 Å². The molecule has 1 saturated carbocycles. The van der Waals surface area contributed by atoms with Gasteiger partial charge in [0.25, 0.3) is 0 Å². The first-order valence-electron chi connectivity index (χ1n) is 6.99. The molecule has 0 aromatic carbocycles. The molecule has 0 saturated heterocycles. The molecule has 1 N–H and O–H groups in total. The quantitative estimate of drug-likeness (QED) is 0.713. The normalized spacial score (nSPS) is 30.2. The minimum absolute atomic E-state index is 0.393. The second-order valence-electron chi connectivity index (χ2n) is 6.30. The third-order valence-corrected chi connectivity index (χ3v) is 4.21. The molecular weight excluding hydrogens is 210 g/mol. The first-order valence-corrected chi connectivity index (χ1v) is 6.99. The van der Waals surface area contributed by atoms with Gasteiger partial charge in [0, 0.05) is 25.2 Å². The van der Waals surface area contributed by atoms with Crippen LogP contribution >= 0.6 is 0 Å². The van der Waals surface area contributed by atoms with E-state index in [-0.39, 0.29) is 0 Å². The summed E-state index contributed by atoms with van der Waals surface area (Å²) < 4.78 is 0. The maximum absolute atomic E-state index is 3.65. The van der Waals surface area contributed by atoms with Crippen LogP contribution in [0.1, 0.15) is 32.6 Å². The van der Waals surface area contributed by atoms with E-state index in [2.05, 4.69) is 50.2 Å². The van der Waals surface area contributed by atoms with Gasteiger partial charge in [-0.25, -0.2) is 0 Å². The van der Waals surface area contributed by atoms with Crippen LogP contribution in [-0.4, -0.2) is 63.2 Å². The summed E-state index contributed by atoms with van der Waals surface area (Å²) in [4.78, 5) is 4.68. The predicted octanol–water partition coefficient (Wildman–Crippen LogP) is 1.65. The number of hydrogen-bond acceptors (Lipinski definition) is 3. The molecular formula is C14H31N3. The fraction of sp³-hybridized carbons (Fsp3) is 1.00. The van der Waals surface area contributed by atoms with E-state index in [1.807, 2.05) is 0 Å². The highest BCUT2D eigenvalue weighted by Gasteiger charge is 2.36. The molecule has 0 bridgehead atoms. The predicted molar refractivity (Wildman–Crippen MR) is 75.5 cm³/mol. The van der Waals surface area contributed by atoms with Crippen LogP contribution in [0, 0.1) is 5.92 Å². The topological polar surface area (TPSA) is 18.5 Å². The lowest BCUT2D eigenvalue weighted by Gasteiger charge is -2.45. The highest BCUT2D eigenvalue weighted by Crippen LogP contribution is 2.35. The maximum atomic E-state index is 3.65. The lowest BCUT2D eigenvalue weighted by Crippen LogP contribution is -2.54. The molecule has 0 heterocycles. The fourth-order valence-corrected chi connectivity index (χ4v) is 2.98. The van der Waals surface area contributed by atoms with Crippen molar-refractivity contribution in [2.75, 3.05) is 47.8 Å². The van der Waals surface area contributed by atoms with E-state index < -0.39 is 0 Å². The lowest BCUT2D eigenvalue weighted by molar-refractivity contribution is 0.0750. The Morgan fingerprint density at radius 3 is 2.47 bits per heavy atom. The molecule has 0 aliphatic heterocycles. The van der Waals surface area contributed by atoms with Crippen LogP contribution in [0.25, 0.3) is 0 Å². The van der Waals surface area contributed by atoms with Crippen molar-refractivity contribution >= 4 is 0 Å². The molecule has 0 spiro atoms. The lowest BCUT2D eigenvalue weighted by atomic mass is 9.75. The Morgan fingerprint density at radius 2 is 1.94 bits per heavy atom. The van der Waals surface area contributed by atoms with Crippen molar-refractivity contribution in [3.63, 3.8) is 0 Å². The van der Waals surface area contributed by atoms with E-state index >= 15 is 0 Å². The van der Waals surface area contributed by atoms with Crippen molar-refractivity contribution in [1.29, 1.82) is 0 Å². The molecule has 1 aliphatic rings. The molecule has 17 heavy (non-hydrogen) atoms. The molecule has 0 radical (unpaired) electrons. The SMILES string of the molecule is CC1CCCC(CNCCN(C)C)(N(C)C)C1. The second kappa shape index (κ2) is 6.72. The molecule has 0 amide bonds. The summed E-state index contributed by atoms with van der Waals surface area (Å²) in [6, 6.07) is 0. The van der Waals surface area contributed by atoms with E-state index in [9.17, 15) is 0 Å². The Bertz CT molecular complexity index is 216. The number of nitrogens with one attached hydrogen (secondary N) is 1. The van der Waals surface area contributed by atoms with E-state index in [0.717, 1.165) is 25.6 Å². The summed E-state index contributed by atoms with van der Waals surface area (Å²) >= 11 is 0. The molecule has 2 unspecified atom stereocenters. The first kappa shape index (κ1) is 14.9. The van der Waals surface area contributed by atoms with Crippen LogP contribution < -0.4 is 5.32 Å². The van der Waals surface area contributed by atoms with Gasteiger partial charge in [0.15, 0.2) is 0 Å². The van der Waals surface area contributed by atoms with Crippen LogP contribution in [0.3, 0.4) is 0 Å². The summed E-state index contributed by atoms with van der Waals surface area (Å²) in [7, 11) is 8.75. The average molecular weight is 241 g/mol. The smallest absolute Gasteiger partial charge is 0.0330 e. The van der Waals surface area contributed by atoms with Crippen LogP contribution in [0.4, 0.5) is 0 Å². The van der Waals surface area contributed by atoms with Crippen molar-refractivity contribution in [1.82, 2.24) is 15.1 Å². The number of likely N-dealkylation sites (N-methyl/N-ethyl adjacent to an activating group) is 2. The van der Waals surface area contributed by atoms with Gasteiger partial charge in [-0.2, -0.15) is 0 Å². The van der Waals surface area contributed by atoms with Gasteiger partial charge in [0.2, 0.25) is 0 Å². The molecule has 3 nitrogen and oxygen atoms in total. The summed E-state index contributed by atoms with van der Waals surface area (Å²) in [6.07, 6.45) is 5.48. The average Bonchev–Trinajstić information content (AvgIpc) is 2.24. The summed E-state index contributed by atoms with van der Waals surface area (Å²) in [5.41, 5.74) is 0.393. The first-order chi connectivity index (χ1) is 7.96.